The monoisotopic (exact) mass is 384 g/mol. The van der Waals surface area contributed by atoms with E-state index in [1.165, 1.54) is 50.2 Å². The van der Waals surface area contributed by atoms with Crippen molar-refractivity contribution in [1.82, 2.24) is 29.3 Å². The molecule has 4 heterocycles. The second-order valence-corrected chi connectivity index (χ2v) is 9.24. The average molecular weight is 385 g/mol. The van der Waals surface area contributed by atoms with Crippen molar-refractivity contribution in [3.05, 3.63) is 35.2 Å². The lowest BCUT2D eigenvalue weighted by Gasteiger charge is -2.31. The third-order valence-electron chi connectivity index (χ3n) is 6.42. The van der Waals surface area contributed by atoms with Gasteiger partial charge in [-0.2, -0.15) is 0 Å². The predicted octanol–water partition coefficient (Wildman–Crippen LogP) is 3.47. The maximum Gasteiger partial charge on any atom is 0.167 e. The molecule has 6 nitrogen and oxygen atoms in total. The van der Waals surface area contributed by atoms with Crippen LogP contribution < -0.4 is 0 Å². The molecule has 2 aliphatic rings. The minimum absolute atomic E-state index is 0.773. The highest BCUT2D eigenvalue weighted by Crippen LogP contribution is 2.21. The highest BCUT2D eigenvalue weighted by atomic mass is 15.5. The van der Waals surface area contributed by atoms with Crippen molar-refractivity contribution >= 4 is 0 Å². The maximum atomic E-state index is 4.68. The number of aromatic nitrogens is 4. The molecule has 2 aromatic heterocycles. The van der Waals surface area contributed by atoms with Crippen LogP contribution in [0, 0.1) is 25.7 Å². The van der Waals surface area contributed by atoms with E-state index in [1.54, 1.807) is 0 Å². The first kappa shape index (κ1) is 19.6. The Hall–Kier alpha value is -1.66. The summed E-state index contributed by atoms with van der Waals surface area (Å²) >= 11 is 0. The van der Waals surface area contributed by atoms with E-state index in [0.717, 1.165) is 49.7 Å². The second kappa shape index (κ2) is 8.37. The summed E-state index contributed by atoms with van der Waals surface area (Å²) in [5, 5.41) is 9.36. The molecule has 2 atom stereocenters. The fraction of sp³-hybridized carbons (Fsp3) is 0.727. The van der Waals surface area contributed by atoms with E-state index in [4.69, 9.17) is 0 Å². The van der Waals surface area contributed by atoms with Crippen LogP contribution in [0.3, 0.4) is 0 Å². The van der Waals surface area contributed by atoms with Gasteiger partial charge in [-0.05, 0) is 76.6 Å². The lowest BCUT2D eigenvalue weighted by atomic mass is 10.0. The largest absolute Gasteiger partial charge is 0.296 e. The standard InChI is InChI=1S/C22H36N6/c1-17-7-5-11-25(13-17)15-21-23-24-22(16-26-12-6-8-18(2)14-26)28(21)27-19(3)9-10-20(27)4/h9-10,17-18H,5-8,11-16H2,1-4H3/t17-,18-/m0/s1. The van der Waals surface area contributed by atoms with Crippen LogP contribution in [0.4, 0.5) is 0 Å². The molecule has 2 aromatic rings. The summed E-state index contributed by atoms with van der Waals surface area (Å²) in [6.45, 7) is 15.5. The van der Waals surface area contributed by atoms with Crippen molar-refractivity contribution in [2.24, 2.45) is 11.8 Å². The van der Waals surface area contributed by atoms with E-state index in [2.05, 4.69) is 69.2 Å². The van der Waals surface area contributed by atoms with Crippen LogP contribution >= 0.6 is 0 Å². The quantitative estimate of drug-likeness (QED) is 0.792. The van der Waals surface area contributed by atoms with Crippen LogP contribution in [0.2, 0.25) is 0 Å². The molecule has 4 rings (SSSR count). The molecule has 154 valence electrons. The molecule has 2 aliphatic heterocycles. The van der Waals surface area contributed by atoms with Gasteiger partial charge in [0.25, 0.3) is 0 Å². The zero-order chi connectivity index (χ0) is 19.7. The topological polar surface area (TPSA) is 42.1 Å². The smallest absolute Gasteiger partial charge is 0.167 e. The van der Waals surface area contributed by atoms with Gasteiger partial charge in [-0.25, -0.2) is 4.68 Å². The number of hydrogen-bond donors (Lipinski definition) is 0. The van der Waals surface area contributed by atoms with Gasteiger partial charge in [0.1, 0.15) is 0 Å². The minimum atomic E-state index is 0.773. The van der Waals surface area contributed by atoms with E-state index >= 15 is 0 Å². The molecule has 6 heteroatoms. The fourth-order valence-electron chi connectivity index (χ4n) is 5.01. The number of piperidine rings is 2. The summed E-state index contributed by atoms with van der Waals surface area (Å²) in [5.41, 5.74) is 2.47. The van der Waals surface area contributed by atoms with E-state index < -0.39 is 0 Å². The van der Waals surface area contributed by atoms with Crippen molar-refractivity contribution in [2.75, 3.05) is 26.2 Å². The first-order valence-corrected chi connectivity index (χ1v) is 11.0. The van der Waals surface area contributed by atoms with Crippen LogP contribution in [-0.4, -0.2) is 55.5 Å². The summed E-state index contributed by atoms with van der Waals surface area (Å²) in [5.74, 6) is 3.68. The third-order valence-corrected chi connectivity index (χ3v) is 6.42. The molecule has 0 spiro atoms. The number of likely N-dealkylation sites (tertiary alicyclic amines) is 2. The Morgan fingerprint density at radius 1 is 0.786 bits per heavy atom. The Bertz CT molecular complexity index is 730. The van der Waals surface area contributed by atoms with Crippen molar-refractivity contribution in [3.8, 4) is 0 Å². The molecular weight excluding hydrogens is 348 g/mol. The summed E-state index contributed by atoms with van der Waals surface area (Å²) < 4.78 is 4.59. The van der Waals surface area contributed by atoms with Gasteiger partial charge < -0.3 is 0 Å². The molecule has 2 fully saturated rings. The van der Waals surface area contributed by atoms with Crippen LogP contribution in [-0.2, 0) is 13.1 Å². The van der Waals surface area contributed by atoms with Gasteiger partial charge >= 0.3 is 0 Å². The Morgan fingerprint density at radius 3 is 1.68 bits per heavy atom. The molecule has 0 unspecified atom stereocenters. The zero-order valence-electron chi connectivity index (χ0n) is 18.1. The van der Waals surface area contributed by atoms with E-state index in [0.29, 0.717) is 0 Å². The molecule has 0 saturated carbocycles. The lowest BCUT2D eigenvalue weighted by molar-refractivity contribution is 0.164. The average Bonchev–Trinajstić information content (AvgIpc) is 3.17. The zero-order valence-corrected chi connectivity index (χ0v) is 18.1. The predicted molar refractivity (Wildman–Crippen MR) is 112 cm³/mol. The van der Waals surface area contributed by atoms with Gasteiger partial charge in [-0.1, -0.05) is 13.8 Å². The Labute approximate surface area is 169 Å². The van der Waals surface area contributed by atoms with Gasteiger partial charge in [0, 0.05) is 24.5 Å². The highest BCUT2D eigenvalue weighted by molar-refractivity contribution is 5.16. The Morgan fingerprint density at radius 2 is 1.25 bits per heavy atom. The summed E-state index contributed by atoms with van der Waals surface area (Å²) in [7, 11) is 0. The summed E-state index contributed by atoms with van der Waals surface area (Å²) in [6, 6.07) is 4.38. The van der Waals surface area contributed by atoms with Crippen LogP contribution in [0.1, 0.15) is 62.6 Å². The van der Waals surface area contributed by atoms with Gasteiger partial charge in [-0.3, -0.25) is 14.5 Å². The van der Waals surface area contributed by atoms with Gasteiger partial charge in [0.05, 0.1) is 13.1 Å². The normalized spacial score (nSPS) is 24.7. The maximum absolute atomic E-state index is 4.68. The van der Waals surface area contributed by atoms with Gasteiger partial charge in [0.15, 0.2) is 11.6 Å². The van der Waals surface area contributed by atoms with Gasteiger partial charge in [-0.15, -0.1) is 10.2 Å². The van der Waals surface area contributed by atoms with Crippen molar-refractivity contribution in [1.29, 1.82) is 0 Å². The van der Waals surface area contributed by atoms with E-state index in [1.807, 2.05) is 0 Å². The second-order valence-electron chi connectivity index (χ2n) is 9.24. The van der Waals surface area contributed by atoms with Crippen molar-refractivity contribution < 1.29 is 0 Å². The number of aryl methyl sites for hydroxylation is 2. The highest BCUT2D eigenvalue weighted by Gasteiger charge is 2.24. The number of rotatable bonds is 5. The number of hydrogen-bond acceptors (Lipinski definition) is 4. The SMILES string of the molecule is Cc1ccc(C)n1-n1c(CN2CCC[C@H](C)C2)nnc1CN1CCC[C@H](C)C1. The first-order chi connectivity index (χ1) is 13.5. The van der Waals surface area contributed by atoms with Crippen LogP contribution in [0.15, 0.2) is 12.1 Å². The van der Waals surface area contributed by atoms with E-state index in [9.17, 15) is 0 Å². The molecule has 0 aliphatic carbocycles. The van der Waals surface area contributed by atoms with Crippen LogP contribution in [0.25, 0.3) is 0 Å². The first-order valence-electron chi connectivity index (χ1n) is 11.0. The molecule has 0 N–H and O–H groups in total. The van der Waals surface area contributed by atoms with E-state index in [-0.39, 0.29) is 0 Å². The van der Waals surface area contributed by atoms with Crippen molar-refractivity contribution in [3.63, 3.8) is 0 Å². The molecule has 2 saturated heterocycles. The van der Waals surface area contributed by atoms with Gasteiger partial charge in [0.2, 0.25) is 0 Å². The molecule has 0 bridgehead atoms. The summed E-state index contributed by atoms with van der Waals surface area (Å²) in [4.78, 5) is 5.10. The molecule has 0 radical (unpaired) electrons. The molecular formula is C22H36N6. The molecule has 0 aromatic carbocycles. The Balaban J connectivity index is 1.63. The number of nitrogens with zero attached hydrogens (tertiary/aromatic N) is 6. The molecule has 0 amide bonds. The van der Waals surface area contributed by atoms with Crippen LogP contribution in [0.5, 0.6) is 0 Å². The Kier molecular flexibility index (Phi) is 5.88. The third kappa shape index (κ3) is 4.18. The summed E-state index contributed by atoms with van der Waals surface area (Å²) in [6.07, 6.45) is 5.26. The van der Waals surface area contributed by atoms with Crippen molar-refractivity contribution in [2.45, 2.75) is 66.5 Å². The fourth-order valence-corrected chi connectivity index (χ4v) is 5.01. The minimum Gasteiger partial charge on any atom is -0.296 e. The lowest BCUT2D eigenvalue weighted by Crippen LogP contribution is -2.36. The molecule has 28 heavy (non-hydrogen) atoms.